The Hall–Kier alpha value is -2.73. The molecule has 6 heteroatoms. The molecule has 0 atom stereocenters. The first-order chi connectivity index (χ1) is 11.5. The Bertz CT molecular complexity index is 918. The topological polar surface area (TPSA) is 71.1 Å². The van der Waals surface area contributed by atoms with Gasteiger partial charge in [0.25, 0.3) is 5.91 Å². The van der Waals surface area contributed by atoms with Crippen LogP contribution in [0.3, 0.4) is 0 Å². The summed E-state index contributed by atoms with van der Waals surface area (Å²) < 4.78 is 1.02. The quantitative estimate of drug-likeness (QED) is 0.766. The molecule has 0 spiro atoms. The Morgan fingerprint density at radius 2 is 1.92 bits per heavy atom. The van der Waals surface area contributed by atoms with Gasteiger partial charge in [-0.15, -0.1) is 11.3 Å². The van der Waals surface area contributed by atoms with Gasteiger partial charge in [0, 0.05) is 11.3 Å². The molecule has 0 saturated carbocycles. The lowest BCUT2D eigenvalue weighted by molar-refractivity contribution is -0.115. The Kier molecular flexibility index (Phi) is 4.57. The molecule has 2 amide bonds. The van der Waals surface area contributed by atoms with E-state index in [4.69, 9.17) is 0 Å². The fraction of sp³-hybridized carbons (Fsp3) is 0.167. The molecule has 0 radical (unpaired) electrons. The van der Waals surface area contributed by atoms with Crippen LogP contribution in [0, 0.1) is 13.8 Å². The van der Waals surface area contributed by atoms with Crippen molar-refractivity contribution in [1.82, 2.24) is 10.3 Å². The van der Waals surface area contributed by atoms with Crippen LogP contribution in [0.2, 0.25) is 0 Å². The maximum atomic E-state index is 12.1. The van der Waals surface area contributed by atoms with E-state index in [0.717, 1.165) is 20.8 Å². The summed E-state index contributed by atoms with van der Waals surface area (Å²) in [6.07, 6.45) is 0. The molecule has 0 bridgehead atoms. The standard InChI is InChI=1S/C18H17N3O2S/c1-11-5-3-4-6-14(11)18(23)19-10-17(22)21-13-7-8-15-16(9-13)24-12(2)20-15/h3-9H,10H2,1-2H3,(H,19,23)(H,21,22). The van der Waals surface area contributed by atoms with E-state index in [-0.39, 0.29) is 18.4 Å². The number of rotatable bonds is 4. The van der Waals surface area contributed by atoms with Crippen molar-refractivity contribution in [1.29, 1.82) is 0 Å². The van der Waals surface area contributed by atoms with Crippen LogP contribution in [0.1, 0.15) is 20.9 Å². The lowest BCUT2D eigenvalue weighted by atomic mass is 10.1. The van der Waals surface area contributed by atoms with Gasteiger partial charge in [0.05, 0.1) is 21.8 Å². The van der Waals surface area contributed by atoms with Crippen molar-refractivity contribution in [2.24, 2.45) is 0 Å². The van der Waals surface area contributed by atoms with Crippen LogP contribution in [-0.2, 0) is 4.79 Å². The number of aromatic nitrogens is 1. The number of carbonyl (C=O) groups is 2. The molecule has 0 aliphatic carbocycles. The van der Waals surface area contributed by atoms with Gasteiger partial charge in [0.15, 0.2) is 0 Å². The van der Waals surface area contributed by atoms with E-state index in [2.05, 4.69) is 15.6 Å². The summed E-state index contributed by atoms with van der Waals surface area (Å²) in [6, 6.07) is 12.8. The Morgan fingerprint density at radius 3 is 2.71 bits per heavy atom. The van der Waals surface area contributed by atoms with Crippen molar-refractivity contribution < 1.29 is 9.59 Å². The summed E-state index contributed by atoms with van der Waals surface area (Å²) in [4.78, 5) is 28.5. The minimum absolute atomic E-state index is 0.0765. The van der Waals surface area contributed by atoms with Gasteiger partial charge in [-0.25, -0.2) is 4.98 Å². The van der Waals surface area contributed by atoms with Gasteiger partial charge >= 0.3 is 0 Å². The molecule has 3 aromatic rings. The third kappa shape index (κ3) is 3.60. The summed E-state index contributed by atoms with van der Waals surface area (Å²) in [7, 11) is 0. The average Bonchev–Trinajstić information content (AvgIpc) is 2.92. The van der Waals surface area contributed by atoms with Crippen molar-refractivity contribution in [2.75, 3.05) is 11.9 Å². The second kappa shape index (κ2) is 6.80. The second-order valence-corrected chi connectivity index (χ2v) is 6.70. The number of hydrogen-bond donors (Lipinski definition) is 2. The molecule has 3 rings (SSSR count). The average molecular weight is 339 g/mol. The van der Waals surface area contributed by atoms with Crippen molar-refractivity contribution in [3.63, 3.8) is 0 Å². The van der Waals surface area contributed by atoms with Crippen LogP contribution < -0.4 is 10.6 Å². The van der Waals surface area contributed by atoms with E-state index in [9.17, 15) is 9.59 Å². The summed E-state index contributed by atoms with van der Waals surface area (Å²) >= 11 is 1.58. The molecule has 0 fully saturated rings. The van der Waals surface area contributed by atoms with Gasteiger partial charge in [-0.3, -0.25) is 9.59 Å². The minimum atomic E-state index is -0.266. The fourth-order valence-electron chi connectivity index (χ4n) is 2.41. The van der Waals surface area contributed by atoms with Crippen LogP contribution in [0.25, 0.3) is 10.2 Å². The smallest absolute Gasteiger partial charge is 0.251 e. The fourth-order valence-corrected chi connectivity index (χ4v) is 3.27. The van der Waals surface area contributed by atoms with Crippen molar-refractivity contribution in [3.05, 3.63) is 58.6 Å². The monoisotopic (exact) mass is 339 g/mol. The molecule has 0 unspecified atom stereocenters. The van der Waals surface area contributed by atoms with Crippen molar-refractivity contribution in [3.8, 4) is 0 Å². The number of thiazole rings is 1. The Morgan fingerprint density at radius 1 is 1.12 bits per heavy atom. The lowest BCUT2D eigenvalue weighted by Crippen LogP contribution is -2.33. The number of carbonyl (C=O) groups excluding carboxylic acids is 2. The maximum Gasteiger partial charge on any atom is 0.251 e. The predicted octanol–water partition coefficient (Wildman–Crippen LogP) is 3.28. The van der Waals surface area contributed by atoms with Crippen LogP contribution in [0.15, 0.2) is 42.5 Å². The number of nitrogens with zero attached hydrogens (tertiary/aromatic N) is 1. The molecule has 122 valence electrons. The molecule has 24 heavy (non-hydrogen) atoms. The van der Waals surface area contributed by atoms with Crippen LogP contribution in [-0.4, -0.2) is 23.3 Å². The molecule has 1 heterocycles. The molecule has 0 saturated heterocycles. The molecule has 2 aromatic carbocycles. The minimum Gasteiger partial charge on any atom is -0.343 e. The maximum absolute atomic E-state index is 12.1. The van der Waals surface area contributed by atoms with E-state index >= 15 is 0 Å². The first-order valence-corrected chi connectivity index (χ1v) is 8.35. The third-order valence-corrected chi connectivity index (χ3v) is 4.51. The van der Waals surface area contributed by atoms with E-state index in [1.54, 1.807) is 23.5 Å². The number of hydrogen-bond acceptors (Lipinski definition) is 4. The summed E-state index contributed by atoms with van der Waals surface area (Å²) in [6.45, 7) is 3.73. The molecule has 0 aliphatic rings. The summed E-state index contributed by atoms with van der Waals surface area (Å²) in [5.74, 6) is -0.519. The Labute approximate surface area is 143 Å². The lowest BCUT2D eigenvalue weighted by Gasteiger charge is -2.08. The zero-order chi connectivity index (χ0) is 17.1. The van der Waals surface area contributed by atoms with Gasteiger partial charge in [-0.05, 0) is 43.7 Å². The summed E-state index contributed by atoms with van der Waals surface area (Å²) in [5, 5.41) is 6.42. The number of fused-ring (bicyclic) bond motifs is 1. The van der Waals surface area contributed by atoms with E-state index in [1.807, 2.05) is 44.2 Å². The molecular formula is C18H17N3O2S. The molecule has 1 aromatic heterocycles. The van der Waals surface area contributed by atoms with Crippen molar-refractivity contribution >= 4 is 39.1 Å². The highest BCUT2D eigenvalue weighted by Gasteiger charge is 2.10. The molecule has 2 N–H and O–H groups in total. The molecule has 5 nitrogen and oxygen atoms in total. The predicted molar refractivity (Wildman–Crippen MR) is 96.5 cm³/mol. The SMILES string of the molecule is Cc1nc2ccc(NC(=O)CNC(=O)c3ccccc3C)cc2s1. The number of anilines is 1. The highest BCUT2D eigenvalue weighted by molar-refractivity contribution is 7.18. The second-order valence-electron chi connectivity index (χ2n) is 5.46. The first-order valence-electron chi connectivity index (χ1n) is 7.54. The summed E-state index contributed by atoms with van der Waals surface area (Å²) in [5.41, 5.74) is 3.07. The number of benzene rings is 2. The number of aryl methyl sites for hydroxylation is 2. The van der Waals surface area contributed by atoms with Crippen LogP contribution in [0.5, 0.6) is 0 Å². The van der Waals surface area contributed by atoms with E-state index < -0.39 is 0 Å². The third-order valence-electron chi connectivity index (χ3n) is 3.58. The van der Waals surface area contributed by atoms with E-state index in [0.29, 0.717) is 11.3 Å². The molecular weight excluding hydrogens is 322 g/mol. The van der Waals surface area contributed by atoms with Gasteiger partial charge in [0.1, 0.15) is 0 Å². The number of nitrogens with one attached hydrogen (secondary N) is 2. The van der Waals surface area contributed by atoms with Gasteiger partial charge in [-0.1, -0.05) is 18.2 Å². The normalized spacial score (nSPS) is 10.6. The Balaban J connectivity index is 1.60. The van der Waals surface area contributed by atoms with E-state index in [1.165, 1.54) is 0 Å². The highest BCUT2D eigenvalue weighted by atomic mass is 32.1. The van der Waals surface area contributed by atoms with Crippen molar-refractivity contribution in [2.45, 2.75) is 13.8 Å². The van der Waals surface area contributed by atoms with Gasteiger partial charge < -0.3 is 10.6 Å². The zero-order valence-corrected chi connectivity index (χ0v) is 14.2. The highest BCUT2D eigenvalue weighted by Crippen LogP contribution is 2.24. The largest absolute Gasteiger partial charge is 0.343 e. The van der Waals surface area contributed by atoms with Crippen LogP contribution in [0.4, 0.5) is 5.69 Å². The van der Waals surface area contributed by atoms with Crippen LogP contribution >= 0.6 is 11.3 Å². The zero-order valence-electron chi connectivity index (χ0n) is 13.4. The van der Waals surface area contributed by atoms with Gasteiger partial charge in [0.2, 0.25) is 5.91 Å². The first kappa shape index (κ1) is 16.1. The molecule has 0 aliphatic heterocycles. The number of amides is 2. The van der Waals surface area contributed by atoms with Gasteiger partial charge in [-0.2, -0.15) is 0 Å².